The van der Waals surface area contributed by atoms with E-state index in [1.807, 2.05) is 19.2 Å². The summed E-state index contributed by atoms with van der Waals surface area (Å²) in [7, 11) is 0. The highest BCUT2D eigenvalue weighted by molar-refractivity contribution is 5.26. The summed E-state index contributed by atoms with van der Waals surface area (Å²) < 4.78 is 5.38. The molecule has 0 amide bonds. The number of aliphatic hydroxyl groups is 1. The number of aliphatic hydroxyl groups excluding tert-OH is 1. The largest absolute Gasteiger partial charge is 0.492 e. The Labute approximate surface area is 91.1 Å². The maximum absolute atomic E-state index is 9.31. The maximum atomic E-state index is 9.31. The average molecular weight is 209 g/mol. The second kappa shape index (κ2) is 5.71. The van der Waals surface area contributed by atoms with Crippen molar-refractivity contribution in [2.75, 3.05) is 6.61 Å². The van der Waals surface area contributed by atoms with Gasteiger partial charge in [0.05, 0.1) is 18.9 Å². The smallest absolute Gasteiger partial charge is 0.137 e. The van der Waals surface area contributed by atoms with Crippen LogP contribution in [0.5, 0.6) is 5.75 Å². The molecule has 15 heavy (non-hydrogen) atoms. The Balaban J connectivity index is 2.71. The van der Waals surface area contributed by atoms with Crippen LogP contribution < -0.4 is 4.74 Å². The first-order chi connectivity index (χ1) is 7.13. The first-order valence-corrected chi connectivity index (χ1v) is 5.39. The van der Waals surface area contributed by atoms with Crippen LogP contribution >= 0.6 is 0 Å². The van der Waals surface area contributed by atoms with Crippen molar-refractivity contribution in [1.82, 2.24) is 4.98 Å². The van der Waals surface area contributed by atoms with Crippen molar-refractivity contribution in [3.05, 3.63) is 24.0 Å². The van der Waals surface area contributed by atoms with Gasteiger partial charge in [0.25, 0.3) is 0 Å². The number of nitrogens with zero attached hydrogens (tertiary/aromatic N) is 1. The van der Waals surface area contributed by atoms with E-state index in [1.165, 1.54) is 0 Å². The predicted molar refractivity (Wildman–Crippen MR) is 60.1 cm³/mol. The molecule has 0 aliphatic carbocycles. The molecule has 0 aliphatic heterocycles. The fourth-order valence-corrected chi connectivity index (χ4v) is 1.60. The van der Waals surface area contributed by atoms with E-state index >= 15 is 0 Å². The van der Waals surface area contributed by atoms with Crippen LogP contribution in [0.3, 0.4) is 0 Å². The minimum atomic E-state index is -0.282. The van der Waals surface area contributed by atoms with Gasteiger partial charge in [-0.1, -0.05) is 6.92 Å². The van der Waals surface area contributed by atoms with Crippen molar-refractivity contribution in [3.63, 3.8) is 0 Å². The third-order valence-corrected chi connectivity index (χ3v) is 2.31. The molecule has 1 N–H and O–H groups in total. The quantitative estimate of drug-likeness (QED) is 0.809. The van der Waals surface area contributed by atoms with Crippen molar-refractivity contribution >= 4 is 0 Å². The molecule has 84 valence electrons. The molecule has 1 aromatic rings. The molecule has 2 atom stereocenters. The van der Waals surface area contributed by atoms with Gasteiger partial charge >= 0.3 is 0 Å². The second-order valence-electron chi connectivity index (χ2n) is 3.87. The van der Waals surface area contributed by atoms with E-state index in [0.29, 0.717) is 12.5 Å². The topological polar surface area (TPSA) is 42.4 Å². The summed E-state index contributed by atoms with van der Waals surface area (Å²) in [4.78, 5) is 4.12. The standard InChI is InChI=1S/C12H19NO2/c1-4-15-12-6-11(7-13-8-12)9(2)5-10(3)14/h6-10,14H,4-5H2,1-3H3. The first kappa shape index (κ1) is 12.0. The third-order valence-electron chi connectivity index (χ3n) is 2.31. The lowest BCUT2D eigenvalue weighted by atomic mass is 9.97. The number of pyridine rings is 1. The Bertz CT molecular complexity index is 299. The lowest BCUT2D eigenvalue weighted by molar-refractivity contribution is 0.176. The van der Waals surface area contributed by atoms with Crippen LogP contribution in [0.15, 0.2) is 18.5 Å². The van der Waals surface area contributed by atoms with Crippen LogP contribution in [0, 0.1) is 0 Å². The highest BCUT2D eigenvalue weighted by Gasteiger charge is 2.09. The first-order valence-electron chi connectivity index (χ1n) is 5.39. The number of hydrogen-bond donors (Lipinski definition) is 1. The van der Waals surface area contributed by atoms with Crippen molar-refractivity contribution in [1.29, 1.82) is 0 Å². The van der Waals surface area contributed by atoms with Gasteiger partial charge in [-0.3, -0.25) is 4.98 Å². The van der Waals surface area contributed by atoms with Gasteiger partial charge in [-0.25, -0.2) is 0 Å². The second-order valence-corrected chi connectivity index (χ2v) is 3.87. The molecule has 1 rings (SSSR count). The summed E-state index contributed by atoms with van der Waals surface area (Å²) >= 11 is 0. The van der Waals surface area contributed by atoms with Crippen LogP contribution in [0.4, 0.5) is 0 Å². The Morgan fingerprint density at radius 2 is 2.13 bits per heavy atom. The molecule has 0 saturated carbocycles. The molecule has 3 nitrogen and oxygen atoms in total. The normalized spacial score (nSPS) is 14.7. The average Bonchev–Trinajstić information content (AvgIpc) is 2.17. The van der Waals surface area contributed by atoms with Gasteiger partial charge in [0.15, 0.2) is 0 Å². The molecule has 0 aromatic carbocycles. The number of ether oxygens (including phenoxy) is 1. The third kappa shape index (κ3) is 3.88. The maximum Gasteiger partial charge on any atom is 0.137 e. The minimum absolute atomic E-state index is 0.282. The van der Waals surface area contributed by atoms with Crippen LogP contribution in [0.25, 0.3) is 0 Å². The summed E-state index contributed by atoms with van der Waals surface area (Å²) in [5, 5.41) is 9.31. The van der Waals surface area contributed by atoms with E-state index in [-0.39, 0.29) is 6.10 Å². The summed E-state index contributed by atoms with van der Waals surface area (Å²) in [6, 6.07) is 1.99. The van der Waals surface area contributed by atoms with Gasteiger partial charge in [-0.15, -0.1) is 0 Å². The Hall–Kier alpha value is -1.09. The SMILES string of the molecule is CCOc1cncc(C(C)CC(C)O)c1. The number of rotatable bonds is 5. The zero-order valence-electron chi connectivity index (χ0n) is 9.60. The van der Waals surface area contributed by atoms with E-state index in [2.05, 4.69) is 11.9 Å². The van der Waals surface area contributed by atoms with Crippen LogP contribution in [-0.4, -0.2) is 22.8 Å². The Morgan fingerprint density at radius 1 is 1.40 bits per heavy atom. The van der Waals surface area contributed by atoms with E-state index in [1.54, 1.807) is 13.1 Å². The number of hydrogen-bond acceptors (Lipinski definition) is 3. The molecule has 0 radical (unpaired) electrons. The molecular weight excluding hydrogens is 190 g/mol. The predicted octanol–water partition coefficient (Wildman–Crippen LogP) is 2.35. The van der Waals surface area contributed by atoms with Gasteiger partial charge in [-0.2, -0.15) is 0 Å². The Morgan fingerprint density at radius 3 is 2.73 bits per heavy atom. The van der Waals surface area contributed by atoms with E-state index in [9.17, 15) is 5.11 Å². The highest BCUT2D eigenvalue weighted by Crippen LogP contribution is 2.23. The highest BCUT2D eigenvalue weighted by atomic mass is 16.5. The summed E-state index contributed by atoms with van der Waals surface area (Å²) in [6.45, 7) is 6.48. The summed E-state index contributed by atoms with van der Waals surface area (Å²) in [5.41, 5.74) is 1.11. The van der Waals surface area contributed by atoms with Gasteiger partial charge in [0.2, 0.25) is 0 Å². The fraction of sp³-hybridized carbons (Fsp3) is 0.583. The zero-order chi connectivity index (χ0) is 11.3. The van der Waals surface area contributed by atoms with Crippen molar-refractivity contribution in [2.24, 2.45) is 0 Å². The van der Waals surface area contributed by atoms with Gasteiger partial charge in [-0.05, 0) is 37.8 Å². The zero-order valence-corrected chi connectivity index (χ0v) is 9.60. The molecule has 0 saturated heterocycles. The molecule has 2 unspecified atom stereocenters. The molecule has 0 spiro atoms. The van der Waals surface area contributed by atoms with Crippen molar-refractivity contribution in [2.45, 2.75) is 39.2 Å². The lowest BCUT2D eigenvalue weighted by Gasteiger charge is -2.14. The monoisotopic (exact) mass is 209 g/mol. The summed E-state index contributed by atoms with van der Waals surface area (Å²) in [6.07, 6.45) is 4.00. The minimum Gasteiger partial charge on any atom is -0.492 e. The van der Waals surface area contributed by atoms with E-state index in [0.717, 1.165) is 17.7 Å². The van der Waals surface area contributed by atoms with Crippen molar-refractivity contribution in [3.8, 4) is 5.75 Å². The Kier molecular flexibility index (Phi) is 4.56. The fourth-order valence-electron chi connectivity index (χ4n) is 1.60. The van der Waals surface area contributed by atoms with Crippen LogP contribution in [-0.2, 0) is 0 Å². The van der Waals surface area contributed by atoms with E-state index < -0.39 is 0 Å². The lowest BCUT2D eigenvalue weighted by Crippen LogP contribution is -2.06. The molecule has 3 heteroatoms. The molecule has 0 bridgehead atoms. The van der Waals surface area contributed by atoms with Crippen LogP contribution in [0.2, 0.25) is 0 Å². The molecule has 0 fully saturated rings. The van der Waals surface area contributed by atoms with Crippen LogP contribution in [0.1, 0.15) is 38.7 Å². The molecular formula is C12H19NO2. The summed E-state index contributed by atoms with van der Waals surface area (Å²) in [5.74, 6) is 1.10. The molecule has 0 aliphatic rings. The van der Waals surface area contributed by atoms with Gasteiger partial charge in [0, 0.05) is 6.20 Å². The molecule has 1 heterocycles. The van der Waals surface area contributed by atoms with Crippen molar-refractivity contribution < 1.29 is 9.84 Å². The molecule has 1 aromatic heterocycles. The van der Waals surface area contributed by atoms with Gasteiger partial charge < -0.3 is 9.84 Å². The van der Waals surface area contributed by atoms with Gasteiger partial charge in [0.1, 0.15) is 5.75 Å². The van der Waals surface area contributed by atoms with E-state index in [4.69, 9.17) is 4.74 Å². The number of aromatic nitrogens is 1.